The molecule has 1 aliphatic carbocycles. The van der Waals surface area contributed by atoms with E-state index in [2.05, 4.69) is 62.2 Å². The molecule has 1 unspecified atom stereocenters. The Bertz CT molecular complexity index is 1780. The molecule has 0 radical (unpaired) electrons. The minimum absolute atomic E-state index is 0.117. The normalized spacial score (nSPS) is 18.4. The number of ether oxygens (including phenoxy) is 1. The van der Waals surface area contributed by atoms with Gasteiger partial charge in [0.2, 0.25) is 11.8 Å². The Labute approximate surface area is 336 Å². The van der Waals surface area contributed by atoms with Crippen LogP contribution in [0.25, 0.3) is 0 Å². The first-order chi connectivity index (χ1) is 25.3. The van der Waals surface area contributed by atoms with Gasteiger partial charge in [-0.15, -0.1) is 12.8 Å². The lowest BCUT2D eigenvalue weighted by Crippen LogP contribution is -2.52. The number of fused-ring (bicyclic) bond motifs is 2. The van der Waals surface area contributed by atoms with E-state index in [9.17, 15) is 14.4 Å². The van der Waals surface area contributed by atoms with E-state index in [1.807, 2.05) is 52.4 Å². The van der Waals surface area contributed by atoms with Crippen molar-refractivity contribution in [2.24, 2.45) is 11.8 Å². The van der Waals surface area contributed by atoms with Crippen LogP contribution in [0.1, 0.15) is 86.7 Å². The van der Waals surface area contributed by atoms with Crippen molar-refractivity contribution in [2.45, 2.75) is 89.7 Å². The predicted octanol–water partition coefficient (Wildman–Crippen LogP) is 8.74. The molecular weight excluding hydrogens is 820 g/mol. The van der Waals surface area contributed by atoms with Gasteiger partial charge in [-0.3, -0.25) is 14.6 Å². The van der Waals surface area contributed by atoms with Crippen LogP contribution in [0.5, 0.6) is 0 Å². The van der Waals surface area contributed by atoms with Gasteiger partial charge in [0.15, 0.2) is 0 Å². The highest BCUT2D eigenvalue weighted by Crippen LogP contribution is 2.46. The number of carbonyl (C=O) groups is 3. The fourth-order valence-corrected chi connectivity index (χ4v) is 9.47. The lowest BCUT2D eigenvalue weighted by atomic mass is 9.76. The van der Waals surface area contributed by atoms with Crippen molar-refractivity contribution in [2.75, 3.05) is 26.2 Å². The second-order valence-electron chi connectivity index (χ2n) is 15.2. The number of terminal acetylenes is 1. The molecule has 53 heavy (non-hydrogen) atoms. The molecule has 11 heteroatoms. The SMILES string of the molecule is C#C.CC(C)(C)OC(=O)N[C@@H](Cc1ccccc1)C(=O)N1CCC(CC(=O)N2CCC(C3c4ncc(Br)cc4CCc4cc(Cl)cc(Br)c43)CC2)CC1. The van der Waals surface area contributed by atoms with Gasteiger partial charge in [-0.1, -0.05) is 57.9 Å². The highest BCUT2D eigenvalue weighted by atomic mass is 79.9. The molecule has 8 nitrogen and oxygen atoms in total. The van der Waals surface area contributed by atoms with E-state index < -0.39 is 17.7 Å². The Kier molecular flexibility index (Phi) is 14.1. The molecule has 2 atom stereocenters. The molecule has 2 fully saturated rings. The van der Waals surface area contributed by atoms with E-state index in [1.165, 1.54) is 16.7 Å². The number of carbonyl (C=O) groups excluding carboxylic acids is 3. The zero-order chi connectivity index (χ0) is 38.3. The number of hydrogen-bond acceptors (Lipinski definition) is 5. The van der Waals surface area contributed by atoms with E-state index in [1.54, 1.807) is 20.8 Å². The first kappa shape index (κ1) is 40.8. The fourth-order valence-electron chi connectivity index (χ4n) is 7.97. The van der Waals surface area contributed by atoms with Crippen LogP contribution in [-0.2, 0) is 33.6 Å². The van der Waals surface area contributed by atoms with Gasteiger partial charge in [0.25, 0.3) is 0 Å². The number of benzene rings is 2. The zero-order valence-corrected chi connectivity index (χ0v) is 34.7. The second kappa shape index (κ2) is 18.3. The van der Waals surface area contributed by atoms with Crippen molar-refractivity contribution in [3.8, 4) is 12.8 Å². The summed E-state index contributed by atoms with van der Waals surface area (Å²) in [7, 11) is 0. The minimum atomic E-state index is -0.733. The largest absolute Gasteiger partial charge is 0.444 e. The molecule has 0 saturated carbocycles. The Hall–Kier alpha value is -3.39. The zero-order valence-electron chi connectivity index (χ0n) is 30.8. The van der Waals surface area contributed by atoms with Gasteiger partial charge in [0, 0.05) is 65.1 Å². The van der Waals surface area contributed by atoms with E-state index >= 15 is 0 Å². The summed E-state index contributed by atoms with van der Waals surface area (Å²) in [6.07, 6.45) is 15.3. The summed E-state index contributed by atoms with van der Waals surface area (Å²) in [5.41, 5.74) is 5.25. The number of nitrogens with zero attached hydrogens (tertiary/aromatic N) is 3. The number of halogens is 3. The summed E-state index contributed by atoms with van der Waals surface area (Å²) in [6.45, 7) is 7.97. The number of alkyl carbamates (subject to hydrolysis) is 1. The number of likely N-dealkylation sites (tertiary alicyclic amines) is 2. The third-order valence-electron chi connectivity index (χ3n) is 10.4. The average Bonchev–Trinajstić information content (AvgIpc) is 3.28. The minimum Gasteiger partial charge on any atom is -0.444 e. The first-order valence-electron chi connectivity index (χ1n) is 18.4. The highest BCUT2D eigenvalue weighted by molar-refractivity contribution is 9.10. The van der Waals surface area contributed by atoms with Crippen molar-refractivity contribution in [3.63, 3.8) is 0 Å². The monoisotopic (exact) mass is 866 g/mol. The van der Waals surface area contributed by atoms with Gasteiger partial charge in [-0.25, -0.2) is 4.79 Å². The Morgan fingerprint density at radius 1 is 0.943 bits per heavy atom. The van der Waals surface area contributed by atoms with Crippen molar-refractivity contribution >= 4 is 61.4 Å². The van der Waals surface area contributed by atoms with Crippen LogP contribution in [0.15, 0.2) is 63.7 Å². The Morgan fingerprint density at radius 3 is 2.25 bits per heavy atom. The van der Waals surface area contributed by atoms with Crippen molar-refractivity contribution < 1.29 is 19.1 Å². The maximum atomic E-state index is 13.7. The quantitative estimate of drug-likeness (QED) is 0.240. The maximum Gasteiger partial charge on any atom is 0.408 e. The number of hydrogen-bond donors (Lipinski definition) is 1. The Balaban J connectivity index is 0.00000266. The maximum absolute atomic E-state index is 13.7. The average molecular weight is 869 g/mol. The molecule has 0 bridgehead atoms. The lowest BCUT2D eigenvalue weighted by Gasteiger charge is -2.38. The van der Waals surface area contributed by atoms with Crippen LogP contribution < -0.4 is 5.32 Å². The number of pyridine rings is 1. The number of amides is 3. The highest BCUT2D eigenvalue weighted by Gasteiger charge is 2.37. The van der Waals surface area contributed by atoms with Gasteiger partial charge in [0.05, 0.1) is 5.69 Å². The first-order valence-corrected chi connectivity index (χ1v) is 20.4. The van der Waals surface area contributed by atoms with Crippen LogP contribution >= 0.6 is 43.5 Å². The summed E-state index contributed by atoms with van der Waals surface area (Å²) in [6, 6.07) is 15.3. The van der Waals surface area contributed by atoms with Crippen LogP contribution in [0, 0.1) is 24.7 Å². The molecule has 3 aromatic rings. The number of aromatic nitrogens is 1. The van der Waals surface area contributed by atoms with E-state index in [0.717, 1.165) is 76.8 Å². The smallest absolute Gasteiger partial charge is 0.408 e. The summed E-state index contributed by atoms with van der Waals surface area (Å²) < 4.78 is 7.50. The van der Waals surface area contributed by atoms with Crippen LogP contribution in [0.4, 0.5) is 4.79 Å². The molecule has 3 heterocycles. The molecule has 1 N–H and O–H groups in total. The van der Waals surface area contributed by atoms with Gasteiger partial charge < -0.3 is 19.9 Å². The standard InChI is InChI=1S/C40H47Br2ClN4O4.C2H2/c1-40(2,3)51-39(50)45-33(19-25-7-5-4-6-8-25)38(49)47-15-11-26(12-16-47)20-34(48)46-17-13-27(14-18-46)36-35-28(22-31(43)23-32(35)42)9-10-29-21-30(41)24-44-37(29)36;1-2/h4-8,21-24,26-27,33,36H,9-20H2,1-3H3,(H,45,50);1-2H/t33-,36?;/m0./s1. The fraction of sp³-hybridized carbons (Fsp3) is 0.476. The van der Waals surface area contributed by atoms with Gasteiger partial charge in [-0.2, -0.15) is 0 Å². The van der Waals surface area contributed by atoms with E-state index in [-0.39, 0.29) is 23.7 Å². The molecule has 0 spiro atoms. The summed E-state index contributed by atoms with van der Waals surface area (Å²) in [4.78, 5) is 48.9. The van der Waals surface area contributed by atoms with Crippen LogP contribution in [0.2, 0.25) is 5.02 Å². The van der Waals surface area contributed by atoms with Gasteiger partial charge >= 0.3 is 6.09 Å². The summed E-state index contributed by atoms with van der Waals surface area (Å²) in [5, 5.41) is 3.56. The van der Waals surface area contributed by atoms with Crippen molar-refractivity contribution in [1.82, 2.24) is 20.1 Å². The summed E-state index contributed by atoms with van der Waals surface area (Å²) >= 11 is 14.0. The topological polar surface area (TPSA) is 91.8 Å². The molecule has 282 valence electrons. The second-order valence-corrected chi connectivity index (χ2v) is 17.4. The van der Waals surface area contributed by atoms with Gasteiger partial charge in [0.1, 0.15) is 11.6 Å². The Morgan fingerprint density at radius 2 is 1.58 bits per heavy atom. The number of rotatable bonds is 7. The third kappa shape index (κ3) is 10.6. The van der Waals surface area contributed by atoms with Crippen LogP contribution in [-0.4, -0.2) is 70.5 Å². The molecular formula is C42H49Br2ClN4O4. The molecule has 2 aromatic carbocycles. The molecule has 6 rings (SSSR count). The number of nitrogens with one attached hydrogen (secondary N) is 1. The van der Waals surface area contributed by atoms with Crippen molar-refractivity contribution in [3.05, 3.63) is 96.6 Å². The number of piperidine rings is 2. The molecule has 3 aliphatic rings. The number of aryl methyl sites for hydroxylation is 2. The molecule has 2 aliphatic heterocycles. The van der Waals surface area contributed by atoms with Gasteiger partial charge in [-0.05, 0) is 128 Å². The van der Waals surface area contributed by atoms with E-state index in [4.69, 9.17) is 21.3 Å². The summed E-state index contributed by atoms with van der Waals surface area (Å²) in [5.74, 6) is 0.780. The molecule has 3 amide bonds. The van der Waals surface area contributed by atoms with E-state index in [0.29, 0.717) is 31.8 Å². The molecule has 1 aromatic heterocycles. The predicted molar refractivity (Wildman–Crippen MR) is 217 cm³/mol. The lowest BCUT2D eigenvalue weighted by molar-refractivity contribution is -0.136. The third-order valence-corrected chi connectivity index (χ3v) is 11.8. The van der Waals surface area contributed by atoms with Crippen LogP contribution in [0.3, 0.4) is 0 Å². The molecule has 2 saturated heterocycles. The van der Waals surface area contributed by atoms with Crippen molar-refractivity contribution in [1.29, 1.82) is 0 Å².